The van der Waals surface area contributed by atoms with Crippen LogP contribution in [0.1, 0.15) is 48.3 Å². The van der Waals surface area contributed by atoms with E-state index in [4.69, 9.17) is 0 Å². The smallest absolute Gasteiger partial charge is 0.191 e. The monoisotopic (exact) mass is 538 g/mol. The Hall–Kier alpha value is -1.61. The zero-order valence-electron chi connectivity index (χ0n) is 19.9. The number of nitrogens with zero attached hydrogens (tertiary/aromatic N) is 4. The first-order chi connectivity index (χ1) is 14.4. The van der Waals surface area contributed by atoms with E-state index >= 15 is 0 Å². The summed E-state index contributed by atoms with van der Waals surface area (Å²) in [6.07, 6.45) is 1.36. The van der Waals surface area contributed by atoms with Crippen molar-refractivity contribution in [3.63, 3.8) is 0 Å². The zero-order chi connectivity index (χ0) is 21.7. The van der Waals surface area contributed by atoms with E-state index < -0.39 is 0 Å². The van der Waals surface area contributed by atoms with Gasteiger partial charge in [-0.2, -0.15) is 5.10 Å². The number of aryl methyl sites for hydroxylation is 2. The van der Waals surface area contributed by atoms with Gasteiger partial charge in [0.2, 0.25) is 0 Å². The lowest BCUT2D eigenvalue weighted by atomic mass is 9.91. The normalized spacial score (nSPS) is 19.7. The molecule has 0 bridgehead atoms. The van der Waals surface area contributed by atoms with E-state index in [-0.39, 0.29) is 24.0 Å². The maximum Gasteiger partial charge on any atom is 0.191 e. The Morgan fingerprint density at radius 3 is 2.16 bits per heavy atom. The molecule has 1 saturated heterocycles. The SMILES string of the molecule is CN=C(NCc1ccc(CN2CC(C)CC(C)C2)cc1)NCc1c(C)nn(C)c1C.I. The molecule has 2 N–H and O–H groups in total. The second-order valence-electron chi connectivity index (χ2n) is 9.01. The summed E-state index contributed by atoms with van der Waals surface area (Å²) in [5.41, 5.74) is 6.13. The highest BCUT2D eigenvalue weighted by atomic mass is 127. The van der Waals surface area contributed by atoms with Crippen LogP contribution >= 0.6 is 24.0 Å². The van der Waals surface area contributed by atoms with E-state index in [2.05, 4.69) is 70.7 Å². The van der Waals surface area contributed by atoms with E-state index in [0.717, 1.165) is 43.1 Å². The van der Waals surface area contributed by atoms with Crippen molar-refractivity contribution in [2.75, 3.05) is 20.1 Å². The minimum atomic E-state index is 0. The van der Waals surface area contributed by atoms with Crippen LogP contribution in [-0.2, 0) is 26.7 Å². The second kappa shape index (κ2) is 11.9. The zero-order valence-corrected chi connectivity index (χ0v) is 22.2. The van der Waals surface area contributed by atoms with Gasteiger partial charge in [0, 0.05) is 58.1 Å². The molecule has 2 atom stereocenters. The molecule has 0 saturated carbocycles. The summed E-state index contributed by atoms with van der Waals surface area (Å²) >= 11 is 0. The van der Waals surface area contributed by atoms with Gasteiger partial charge in [0.05, 0.1) is 5.69 Å². The van der Waals surface area contributed by atoms with Gasteiger partial charge in [-0.25, -0.2) is 0 Å². The Balaban J connectivity index is 0.00000341. The second-order valence-corrected chi connectivity index (χ2v) is 9.01. The van der Waals surface area contributed by atoms with Crippen LogP contribution in [0.3, 0.4) is 0 Å². The molecular weight excluding hydrogens is 499 g/mol. The molecule has 1 aromatic carbocycles. The van der Waals surface area contributed by atoms with Gasteiger partial charge in [0.15, 0.2) is 5.96 Å². The number of likely N-dealkylation sites (tertiary alicyclic amines) is 1. The van der Waals surface area contributed by atoms with Gasteiger partial charge < -0.3 is 10.6 Å². The van der Waals surface area contributed by atoms with Crippen LogP contribution < -0.4 is 10.6 Å². The maximum absolute atomic E-state index is 4.48. The number of piperidine rings is 1. The van der Waals surface area contributed by atoms with Gasteiger partial charge in [0.1, 0.15) is 0 Å². The summed E-state index contributed by atoms with van der Waals surface area (Å²) in [4.78, 5) is 6.95. The summed E-state index contributed by atoms with van der Waals surface area (Å²) in [6.45, 7) is 13.8. The third kappa shape index (κ3) is 7.20. The van der Waals surface area contributed by atoms with E-state index in [1.54, 1.807) is 0 Å². The van der Waals surface area contributed by atoms with E-state index in [9.17, 15) is 0 Å². The van der Waals surface area contributed by atoms with E-state index in [1.165, 1.54) is 41.9 Å². The highest BCUT2D eigenvalue weighted by Gasteiger charge is 2.21. The maximum atomic E-state index is 4.48. The lowest BCUT2D eigenvalue weighted by Gasteiger charge is -2.35. The van der Waals surface area contributed by atoms with Crippen LogP contribution in [0.5, 0.6) is 0 Å². The average molecular weight is 539 g/mol. The Kier molecular flexibility index (Phi) is 9.81. The molecule has 172 valence electrons. The van der Waals surface area contributed by atoms with Crippen molar-refractivity contribution in [1.29, 1.82) is 0 Å². The molecule has 6 nitrogen and oxygen atoms in total. The minimum absolute atomic E-state index is 0. The van der Waals surface area contributed by atoms with Crippen molar-refractivity contribution in [3.8, 4) is 0 Å². The van der Waals surface area contributed by atoms with Crippen molar-refractivity contribution in [3.05, 3.63) is 52.3 Å². The quantitative estimate of drug-likeness (QED) is 0.332. The van der Waals surface area contributed by atoms with Crippen LogP contribution in [0.15, 0.2) is 29.3 Å². The van der Waals surface area contributed by atoms with Crippen LogP contribution in [0.4, 0.5) is 0 Å². The molecule has 7 heteroatoms. The van der Waals surface area contributed by atoms with Crippen molar-refractivity contribution in [2.45, 2.75) is 53.8 Å². The molecule has 3 rings (SSSR count). The van der Waals surface area contributed by atoms with Crippen LogP contribution in [0.2, 0.25) is 0 Å². The van der Waals surface area contributed by atoms with Crippen molar-refractivity contribution in [1.82, 2.24) is 25.3 Å². The van der Waals surface area contributed by atoms with Gasteiger partial charge in [-0.05, 0) is 43.2 Å². The van der Waals surface area contributed by atoms with Crippen LogP contribution in [0.25, 0.3) is 0 Å². The van der Waals surface area contributed by atoms with Gasteiger partial charge in [0.25, 0.3) is 0 Å². The van der Waals surface area contributed by atoms with Crippen molar-refractivity contribution >= 4 is 29.9 Å². The Bertz CT molecular complexity index is 848. The third-order valence-corrected chi connectivity index (χ3v) is 6.15. The molecular formula is C24H39IN6. The highest BCUT2D eigenvalue weighted by Crippen LogP contribution is 2.22. The highest BCUT2D eigenvalue weighted by molar-refractivity contribution is 14.0. The molecule has 0 amide bonds. The van der Waals surface area contributed by atoms with Crippen LogP contribution in [-0.4, -0.2) is 40.8 Å². The van der Waals surface area contributed by atoms with Crippen molar-refractivity contribution in [2.24, 2.45) is 23.9 Å². The lowest BCUT2D eigenvalue weighted by Crippen LogP contribution is -2.38. The number of guanidine groups is 1. The first-order valence-corrected chi connectivity index (χ1v) is 11.1. The molecule has 0 radical (unpaired) electrons. The first kappa shape index (κ1) is 25.6. The van der Waals surface area contributed by atoms with Gasteiger partial charge in [-0.15, -0.1) is 24.0 Å². The van der Waals surface area contributed by atoms with Gasteiger partial charge >= 0.3 is 0 Å². The fourth-order valence-electron chi connectivity index (χ4n) is 4.59. The number of hydrogen-bond donors (Lipinski definition) is 2. The number of aromatic nitrogens is 2. The summed E-state index contributed by atoms with van der Waals surface area (Å²) in [7, 11) is 3.79. The Labute approximate surface area is 204 Å². The standard InChI is InChI=1S/C24H38N6.HI/c1-17-11-18(2)15-30(14-17)16-22-9-7-21(8-10-22)12-26-24(25-5)27-13-23-19(3)28-29(6)20(23)4;/h7-10,17-18H,11-16H2,1-6H3,(H2,25,26,27);1H. The molecule has 2 unspecified atom stereocenters. The third-order valence-electron chi connectivity index (χ3n) is 6.15. The molecule has 2 heterocycles. The Morgan fingerprint density at radius 1 is 1.03 bits per heavy atom. The number of hydrogen-bond acceptors (Lipinski definition) is 3. The number of aliphatic imine (C=N–C) groups is 1. The number of rotatable bonds is 6. The molecule has 31 heavy (non-hydrogen) atoms. The fourth-order valence-corrected chi connectivity index (χ4v) is 4.59. The minimum Gasteiger partial charge on any atom is -0.352 e. The number of nitrogens with one attached hydrogen (secondary N) is 2. The molecule has 1 fully saturated rings. The van der Waals surface area contributed by atoms with Gasteiger partial charge in [-0.3, -0.25) is 14.6 Å². The number of halogens is 1. The largest absolute Gasteiger partial charge is 0.352 e. The molecule has 0 spiro atoms. The van der Waals surface area contributed by atoms with E-state index in [0.29, 0.717) is 0 Å². The van der Waals surface area contributed by atoms with E-state index in [1.807, 2.05) is 25.7 Å². The first-order valence-electron chi connectivity index (χ1n) is 11.1. The predicted molar refractivity (Wildman–Crippen MR) is 140 cm³/mol. The van der Waals surface area contributed by atoms with Gasteiger partial charge in [-0.1, -0.05) is 38.1 Å². The Morgan fingerprint density at radius 2 is 1.61 bits per heavy atom. The summed E-state index contributed by atoms with van der Waals surface area (Å²) in [6, 6.07) is 8.97. The van der Waals surface area contributed by atoms with Crippen LogP contribution in [0, 0.1) is 25.7 Å². The predicted octanol–water partition coefficient (Wildman–Crippen LogP) is 4.00. The summed E-state index contributed by atoms with van der Waals surface area (Å²) in [5, 5.41) is 11.3. The molecule has 1 aliphatic rings. The topological polar surface area (TPSA) is 57.5 Å². The molecule has 1 aromatic heterocycles. The average Bonchev–Trinajstić information content (AvgIpc) is 2.94. The summed E-state index contributed by atoms with van der Waals surface area (Å²) in [5.74, 6) is 2.41. The summed E-state index contributed by atoms with van der Waals surface area (Å²) < 4.78 is 1.93. The van der Waals surface area contributed by atoms with Crippen molar-refractivity contribution < 1.29 is 0 Å². The molecule has 2 aromatic rings. The fraction of sp³-hybridized carbons (Fsp3) is 0.583. The lowest BCUT2D eigenvalue weighted by molar-refractivity contribution is 0.134. The number of benzene rings is 1. The molecule has 1 aliphatic heterocycles. The molecule has 0 aliphatic carbocycles.